The molecule has 0 saturated carbocycles. The molecule has 0 radical (unpaired) electrons. The largest absolute Gasteiger partial charge is 0.398 e. The lowest BCUT2D eigenvalue weighted by Gasteiger charge is -1.92. The van der Waals surface area contributed by atoms with E-state index in [9.17, 15) is 0 Å². The maximum absolute atomic E-state index is 5.44. The number of rotatable bonds is 1. The van der Waals surface area contributed by atoms with Crippen LogP contribution in [-0.4, -0.2) is 0 Å². The van der Waals surface area contributed by atoms with Crippen LogP contribution in [0.1, 0.15) is 5.56 Å². The minimum Gasteiger partial charge on any atom is -0.398 e. The molecule has 0 bridgehead atoms. The normalized spacial score (nSPS) is 9.12. The molecular formula is C13H15NS2. The first-order valence-corrected chi connectivity index (χ1v) is 6.00. The average Bonchev–Trinajstić information content (AvgIpc) is 2.35. The molecule has 0 aliphatic rings. The van der Waals surface area contributed by atoms with Gasteiger partial charge in [0, 0.05) is 16.3 Å². The Morgan fingerprint density at radius 3 is 1.81 bits per heavy atom. The molecule has 0 saturated heterocycles. The van der Waals surface area contributed by atoms with Crippen LogP contribution >= 0.6 is 25.3 Å². The Morgan fingerprint density at radius 2 is 1.44 bits per heavy atom. The molecule has 0 fully saturated rings. The summed E-state index contributed by atoms with van der Waals surface area (Å²) in [7, 11) is 0. The molecule has 0 atom stereocenters. The van der Waals surface area contributed by atoms with Crippen LogP contribution in [0.5, 0.6) is 0 Å². The summed E-state index contributed by atoms with van der Waals surface area (Å²) in [6.45, 7) is 0. The zero-order valence-corrected chi connectivity index (χ0v) is 10.7. The van der Waals surface area contributed by atoms with Gasteiger partial charge in [-0.25, -0.2) is 0 Å². The first kappa shape index (κ1) is 13.0. The molecule has 0 unspecified atom stereocenters. The molecular weight excluding hydrogens is 234 g/mol. The molecule has 0 aliphatic carbocycles. The van der Waals surface area contributed by atoms with Crippen LogP contribution in [0.2, 0.25) is 0 Å². The molecule has 3 heteroatoms. The number of hydrogen-bond donors (Lipinski definition) is 3. The van der Waals surface area contributed by atoms with Gasteiger partial charge in [-0.1, -0.05) is 42.5 Å². The molecule has 0 aromatic heterocycles. The van der Waals surface area contributed by atoms with Crippen LogP contribution < -0.4 is 5.73 Å². The molecule has 84 valence electrons. The Bertz CT molecular complexity index is 394. The Kier molecular flexibility index (Phi) is 5.90. The predicted molar refractivity (Wildman–Crippen MR) is 77.2 cm³/mol. The number of hydrogen-bond acceptors (Lipinski definition) is 3. The van der Waals surface area contributed by atoms with E-state index < -0.39 is 0 Å². The lowest BCUT2D eigenvalue weighted by Crippen LogP contribution is -1.83. The van der Waals surface area contributed by atoms with Crippen LogP contribution in [0.15, 0.2) is 59.5 Å². The van der Waals surface area contributed by atoms with Crippen molar-refractivity contribution in [2.45, 2.75) is 10.6 Å². The van der Waals surface area contributed by atoms with Crippen molar-refractivity contribution in [1.82, 2.24) is 0 Å². The molecule has 2 rings (SSSR count). The van der Waals surface area contributed by atoms with E-state index in [4.69, 9.17) is 5.73 Å². The monoisotopic (exact) mass is 249 g/mol. The SMILES string of the molecule is Nc1ccccc1S.SCc1ccccc1. The summed E-state index contributed by atoms with van der Waals surface area (Å²) in [4.78, 5) is 0.840. The van der Waals surface area contributed by atoms with E-state index in [0.717, 1.165) is 16.3 Å². The van der Waals surface area contributed by atoms with Gasteiger partial charge in [-0.05, 0) is 17.7 Å². The standard InChI is InChI=1S/C7H8S.C6H7NS/c8-6-7-4-2-1-3-5-7;7-5-3-1-2-4-6(5)8/h1-5,8H,6H2;1-4,8H,7H2. The predicted octanol–water partition coefficient (Wildman–Crippen LogP) is 3.67. The fraction of sp³-hybridized carbons (Fsp3) is 0.0769. The lowest BCUT2D eigenvalue weighted by atomic mass is 10.2. The van der Waals surface area contributed by atoms with Crippen LogP contribution in [-0.2, 0) is 5.75 Å². The third-order valence-electron chi connectivity index (χ3n) is 1.96. The first-order chi connectivity index (χ1) is 7.74. The average molecular weight is 249 g/mol. The molecule has 2 N–H and O–H groups in total. The van der Waals surface area contributed by atoms with Gasteiger partial charge in [0.25, 0.3) is 0 Å². The van der Waals surface area contributed by atoms with Gasteiger partial charge in [0.05, 0.1) is 0 Å². The molecule has 2 aromatic carbocycles. The topological polar surface area (TPSA) is 26.0 Å². The van der Waals surface area contributed by atoms with Crippen LogP contribution in [0.3, 0.4) is 0 Å². The van der Waals surface area contributed by atoms with E-state index in [0.29, 0.717) is 0 Å². The van der Waals surface area contributed by atoms with E-state index >= 15 is 0 Å². The fourth-order valence-corrected chi connectivity index (χ4v) is 1.44. The highest BCUT2D eigenvalue weighted by molar-refractivity contribution is 7.80. The second-order valence-corrected chi connectivity index (χ2v) is 4.00. The molecule has 2 aromatic rings. The third kappa shape index (κ3) is 4.64. The Balaban J connectivity index is 0.000000160. The van der Waals surface area contributed by atoms with Crippen molar-refractivity contribution in [3.8, 4) is 0 Å². The quantitative estimate of drug-likeness (QED) is 0.522. The summed E-state index contributed by atoms with van der Waals surface area (Å²) in [5.74, 6) is 0.834. The van der Waals surface area contributed by atoms with E-state index in [2.05, 4.69) is 37.4 Å². The summed E-state index contributed by atoms with van der Waals surface area (Å²) in [6.07, 6.45) is 0. The van der Waals surface area contributed by atoms with Gasteiger partial charge >= 0.3 is 0 Å². The highest BCUT2D eigenvalue weighted by Gasteiger charge is 1.85. The number of benzene rings is 2. The molecule has 0 aliphatic heterocycles. The van der Waals surface area contributed by atoms with E-state index in [1.807, 2.05) is 42.5 Å². The third-order valence-corrected chi connectivity index (χ3v) is 2.73. The molecule has 0 heterocycles. The van der Waals surface area contributed by atoms with Crippen molar-refractivity contribution in [1.29, 1.82) is 0 Å². The zero-order chi connectivity index (χ0) is 11.8. The van der Waals surface area contributed by atoms with Crippen molar-refractivity contribution in [3.63, 3.8) is 0 Å². The Hall–Kier alpha value is -1.06. The van der Waals surface area contributed by atoms with Crippen LogP contribution in [0, 0.1) is 0 Å². The van der Waals surface area contributed by atoms with Crippen molar-refractivity contribution < 1.29 is 0 Å². The van der Waals surface area contributed by atoms with Crippen molar-refractivity contribution in [2.24, 2.45) is 0 Å². The second-order valence-electron chi connectivity index (χ2n) is 3.20. The van der Waals surface area contributed by atoms with Gasteiger partial charge < -0.3 is 5.73 Å². The van der Waals surface area contributed by atoms with Gasteiger partial charge in [0.2, 0.25) is 0 Å². The maximum atomic E-state index is 5.44. The van der Waals surface area contributed by atoms with Gasteiger partial charge in [-0.15, -0.1) is 12.6 Å². The van der Waals surface area contributed by atoms with Gasteiger partial charge in [0.15, 0.2) is 0 Å². The van der Waals surface area contributed by atoms with Crippen LogP contribution in [0.25, 0.3) is 0 Å². The molecule has 0 spiro atoms. The Labute approximate surface area is 108 Å². The number of anilines is 1. The van der Waals surface area contributed by atoms with Crippen molar-refractivity contribution in [3.05, 3.63) is 60.2 Å². The van der Waals surface area contributed by atoms with Crippen LogP contribution in [0.4, 0.5) is 5.69 Å². The number of thiol groups is 2. The van der Waals surface area contributed by atoms with E-state index in [1.165, 1.54) is 5.56 Å². The van der Waals surface area contributed by atoms with E-state index in [-0.39, 0.29) is 0 Å². The zero-order valence-electron chi connectivity index (χ0n) is 8.88. The second kappa shape index (κ2) is 7.25. The fourth-order valence-electron chi connectivity index (χ4n) is 1.07. The van der Waals surface area contributed by atoms with Gasteiger partial charge in [0.1, 0.15) is 0 Å². The maximum Gasteiger partial charge on any atom is 0.0449 e. The highest BCUT2D eigenvalue weighted by Crippen LogP contribution is 2.13. The number of para-hydroxylation sites is 1. The number of nitrogen functional groups attached to an aromatic ring is 1. The Morgan fingerprint density at radius 1 is 0.875 bits per heavy atom. The van der Waals surface area contributed by atoms with Crippen molar-refractivity contribution >= 4 is 30.9 Å². The van der Waals surface area contributed by atoms with Gasteiger partial charge in [-0.3, -0.25) is 0 Å². The van der Waals surface area contributed by atoms with Crippen molar-refractivity contribution in [2.75, 3.05) is 5.73 Å². The summed E-state index contributed by atoms with van der Waals surface area (Å²) in [5, 5.41) is 0. The van der Waals surface area contributed by atoms with E-state index in [1.54, 1.807) is 0 Å². The minimum absolute atomic E-state index is 0.732. The lowest BCUT2D eigenvalue weighted by molar-refractivity contribution is 1.43. The highest BCUT2D eigenvalue weighted by atomic mass is 32.1. The summed E-state index contributed by atoms with van der Waals surface area (Å²) in [5.41, 5.74) is 7.45. The summed E-state index contributed by atoms with van der Waals surface area (Å²) < 4.78 is 0. The molecule has 16 heavy (non-hydrogen) atoms. The molecule has 1 nitrogen and oxygen atoms in total. The van der Waals surface area contributed by atoms with Gasteiger partial charge in [-0.2, -0.15) is 12.6 Å². The molecule has 0 amide bonds. The number of nitrogens with two attached hydrogens (primary N) is 1. The smallest absolute Gasteiger partial charge is 0.0449 e. The first-order valence-electron chi connectivity index (χ1n) is 4.92. The summed E-state index contributed by atoms with van der Waals surface area (Å²) >= 11 is 8.18. The minimum atomic E-state index is 0.732. The summed E-state index contributed by atoms with van der Waals surface area (Å²) in [6, 6.07) is 17.6.